The number of hydrogen-bond donors (Lipinski definition) is 0. The summed E-state index contributed by atoms with van der Waals surface area (Å²) in [5.41, 5.74) is 1.95. The molecule has 0 unspecified atom stereocenters. The lowest BCUT2D eigenvalue weighted by Crippen LogP contribution is -2.06. The average Bonchev–Trinajstić information content (AvgIpc) is 2.78. The molecule has 1 aromatic carbocycles. The molecule has 0 bridgehead atoms. The molecule has 1 heterocycles. The zero-order valence-corrected chi connectivity index (χ0v) is 13.0. The Hall–Kier alpha value is -1.26. The molecule has 0 aliphatic heterocycles. The quantitative estimate of drug-likeness (QED) is 0.578. The zero-order chi connectivity index (χ0) is 14.5. The number of imidazole rings is 1. The molecule has 5 heteroatoms. The van der Waals surface area contributed by atoms with Gasteiger partial charge in [0.25, 0.3) is 0 Å². The van der Waals surface area contributed by atoms with Crippen LogP contribution in [-0.2, 0) is 17.2 Å². The standard InChI is InChI=1S/C15H21ClN2O2/c1-11(2)20-13-7-4-6-12-15(13)17-14(10-16)18(12)8-5-9-19-3/h4,6-7,11H,5,8-10H2,1-3H3. The van der Waals surface area contributed by atoms with Gasteiger partial charge in [-0.15, -0.1) is 11.6 Å². The molecule has 0 spiro atoms. The minimum atomic E-state index is 0.124. The molecule has 0 amide bonds. The average molecular weight is 297 g/mol. The predicted octanol–water partition coefficient (Wildman–Crippen LogP) is 3.60. The molecule has 0 saturated carbocycles. The van der Waals surface area contributed by atoms with Crippen LogP contribution in [0.5, 0.6) is 5.75 Å². The van der Waals surface area contributed by atoms with Gasteiger partial charge in [-0.1, -0.05) is 6.07 Å². The van der Waals surface area contributed by atoms with E-state index in [1.54, 1.807) is 7.11 Å². The van der Waals surface area contributed by atoms with E-state index in [1.165, 1.54) is 0 Å². The van der Waals surface area contributed by atoms with Gasteiger partial charge in [0, 0.05) is 20.3 Å². The van der Waals surface area contributed by atoms with Crippen LogP contribution in [-0.4, -0.2) is 29.4 Å². The van der Waals surface area contributed by atoms with Gasteiger partial charge < -0.3 is 14.0 Å². The highest BCUT2D eigenvalue weighted by Crippen LogP contribution is 2.27. The zero-order valence-electron chi connectivity index (χ0n) is 12.2. The Balaban J connectivity index is 2.40. The first kappa shape index (κ1) is 15.1. The molecule has 20 heavy (non-hydrogen) atoms. The van der Waals surface area contributed by atoms with E-state index in [4.69, 9.17) is 21.1 Å². The van der Waals surface area contributed by atoms with Crippen LogP contribution in [0.3, 0.4) is 0 Å². The van der Waals surface area contributed by atoms with Gasteiger partial charge in [0.2, 0.25) is 0 Å². The van der Waals surface area contributed by atoms with Crippen LogP contribution in [0.1, 0.15) is 26.1 Å². The molecule has 1 aromatic heterocycles. The predicted molar refractivity (Wildman–Crippen MR) is 81.5 cm³/mol. The Morgan fingerprint density at radius 1 is 1.35 bits per heavy atom. The van der Waals surface area contributed by atoms with Crippen LogP contribution in [0, 0.1) is 0 Å². The van der Waals surface area contributed by atoms with Crippen molar-refractivity contribution in [3.63, 3.8) is 0 Å². The highest BCUT2D eigenvalue weighted by Gasteiger charge is 2.14. The first-order valence-corrected chi connectivity index (χ1v) is 7.40. The molecule has 0 N–H and O–H groups in total. The van der Waals surface area contributed by atoms with Crippen LogP contribution in [0.2, 0.25) is 0 Å². The largest absolute Gasteiger partial charge is 0.489 e. The first-order valence-electron chi connectivity index (χ1n) is 6.87. The van der Waals surface area contributed by atoms with Crippen molar-refractivity contribution < 1.29 is 9.47 Å². The molecule has 0 aliphatic rings. The second kappa shape index (κ2) is 6.95. The minimum Gasteiger partial charge on any atom is -0.489 e. The molecule has 0 saturated heterocycles. The van der Waals surface area contributed by atoms with Gasteiger partial charge in [0.05, 0.1) is 17.5 Å². The molecule has 110 valence electrons. The third-order valence-electron chi connectivity index (χ3n) is 3.03. The van der Waals surface area contributed by atoms with Gasteiger partial charge in [-0.2, -0.15) is 0 Å². The van der Waals surface area contributed by atoms with Crippen molar-refractivity contribution in [3.05, 3.63) is 24.0 Å². The fourth-order valence-electron chi connectivity index (χ4n) is 2.24. The summed E-state index contributed by atoms with van der Waals surface area (Å²) in [6.07, 6.45) is 1.06. The minimum absolute atomic E-state index is 0.124. The monoisotopic (exact) mass is 296 g/mol. The third-order valence-corrected chi connectivity index (χ3v) is 3.27. The summed E-state index contributed by atoms with van der Waals surface area (Å²) < 4.78 is 13.1. The summed E-state index contributed by atoms with van der Waals surface area (Å²) in [5, 5.41) is 0. The number of hydrogen-bond acceptors (Lipinski definition) is 3. The number of aromatic nitrogens is 2. The molecule has 2 rings (SSSR count). The third kappa shape index (κ3) is 3.25. The number of halogens is 1. The van der Waals surface area contributed by atoms with Crippen molar-refractivity contribution in [3.8, 4) is 5.75 Å². The van der Waals surface area contributed by atoms with Crippen LogP contribution >= 0.6 is 11.6 Å². The van der Waals surface area contributed by atoms with E-state index in [2.05, 4.69) is 15.6 Å². The van der Waals surface area contributed by atoms with E-state index in [1.807, 2.05) is 26.0 Å². The summed E-state index contributed by atoms with van der Waals surface area (Å²) in [4.78, 5) is 4.63. The molecular weight excluding hydrogens is 276 g/mol. The maximum absolute atomic E-state index is 6.02. The fraction of sp³-hybridized carbons (Fsp3) is 0.533. The first-order chi connectivity index (χ1) is 9.67. The maximum atomic E-state index is 6.02. The molecule has 4 nitrogen and oxygen atoms in total. The number of para-hydroxylation sites is 1. The number of rotatable bonds is 7. The summed E-state index contributed by atoms with van der Waals surface area (Å²) in [5.74, 6) is 2.08. The van der Waals surface area contributed by atoms with E-state index in [0.717, 1.165) is 42.2 Å². The molecule has 0 radical (unpaired) electrons. The molecular formula is C15H21ClN2O2. The van der Waals surface area contributed by atoms with Gasteiger partial charge in [-0.3, -0.25) is 0 Å². The number of methoxy groups -OCH3 is 1. The number of fused-ring (bicyclic) bond motifs is 1. The number of aryl methyl sites for hydroxylation is 1. The normalized spacial score (nSPS) is 11.4. The number of alkyl halides is 1. The summed E-state index contributed by atoms with van der Waals surface area (Å²) in [7, 11) is 1.71. The van der Waals surface area contributed by atoms with Crippen LogP contribution in [0.25, 0.3) is 11.0 Å². The number of nitrogens with zero attached hydrogens (tertiary/aromatic N) is 2. The van der Waals surface area contributed by atoms with Crippen molar-refractivity contribution >= 4 is 22.6 Å². The lowest BCUT2D eigenvalue weighted by molar-refractivity contribution is 0.190. The second-order valence-corrected chi connectivity index (χ2v) is 5.22. The Morgan fingerprint density at radius 3 is 2.80 bits per heavy atom. The van der Waals surface area contributed by atoms with E-state index in [0.29, 0.717) is 5.88 Å². The number of ether oxygens (including phenoxy) is 2. The van der Waals surface area contributed by atoms with Crippen molar-refractivity contribution in [2.24, 2.45) is 0 Å². The van der Waals surface area contributed by atoms with Gasteiger partial charge in [0.1, 0.15) is 17.1 Å². The van der Waals surface area contributed by atoms with Crippen molar-refractivity contribution in [1.82, 2.24) is 9.55 Å². The van der Waals surface area contributed by atoms with Gasteiger partial charge in [0.15, 0.2) is 0 Å². The Bertz CT molecular complexity index is 566. The molecule has 0 aliphatic carbocycles. The smallest absolute Gasteiger partial charge is 0.147 e. The van der Waals surface area contributed by atoms with Crippen LogP contribution < -0.4 is 4.74 Å². The summed E-state index contributed by atoms with van der Waals surface area (Å²) in [6, 6.07) is 6.00. The Kier molecular flexibility index (Phi) is 5.26. The lowest BCUT2D eigenvalue weighted by Gasteiger charge is -2.10. The van der Waals surface area contributed by atoms with Gasteiger partial charge >= 0.3 is 0 Å². The molecule has 0 fully saturated rings. The summed E-state index contributed by atoms with van der Waals surface area (Å²) in [6.45, 7) is 5.59. The van der Waals surface area contributed by atoms with Gasteiger partial charge in [-0.05, 0) is 32.4 Å². The van der Waals surface area contributed by atoms with E-state index in [9.17, 15) is 0 Å². The fourth-order valence-corrected chi connectivity index (χ4v) is 2.44. The Morgan fingerprint density at radius 2 is 2.15 bits per heavy atom. The maximum Gasteiger partial charge on any atom is 0.147 e. The SMILES string of the molecule is COCCCn1c(CCl)nc2c(OC(C)C)cccc21. The van der Waals surface area contributed by atoms with Crippen molar-refractivity contribution in [2.45, 2.75) is 38.8 Å². The van der Waals surface area contributed by atoms with E-state index >= 15 is 0 Å². The Labute approximate surface area is 124 Å². The molecule has 0 atom stereocenters. The highest BCUT2D eigenvalue weighted by molar-refractivity contribution is 6.16. The van der Waals surface area contributed by atoms with Crippen molar-refractivity contribution in [1.29, 1.82) is 0 Å². The topological polar surface area (TPSA) is 36.3 Å². The highest BCUT2D eigenvalue weighted by atomic mass is 35.5. The van der Waals surface area contributed by atoms with E-state index in [-0.39, 0.29) is 6.10 Å². The molecule has 2 aromatic rings. The van der Waals surface area contributed by atoms with Crippen LogP contribution in [0.4, 0.5) is 0 Å². The summed E-state index contributed by atoms with van der Waals surface area (Å²) >= 11 is 6.02. The van der Waals surface area contributed by atoms with Crippen LogP contribution in [0.15, 0.2) is 18.2 Å². The number of benzene rings is 1. The second-order valence-electron chi connectivity index (χ2n) is 4.95. The van der Waals surface area contributed by atoms with Gasteiger partial charge in [-0.25, -0.2) is 4.98 Å². The lowest BCUT2D eigenvalue weighted by atomic mass is 10.3. The van der Waals surface area contributed by atoms with Crippen molar-refractivity contribution in [2.75, 3.05) is 13.7 Å². The van der Waals surface area contributed by atoms with E-state index < -0.39 is 0 Å².